The quantitative estimate of drug-likeness (QED) is 0.835. The third kappa shape index (κ3) is 3.20. The lowest BCUT2D eigenvalue weighted by Gasteiger charge is -2.19. The molecule has 1 aromatic carbocycles. The Morgan fingerprint density at radius 3 is 2.80 bits per heavy atom. The van der Waals surface area contributed by atoms with Crippen molar-refractivity contribution in [2.75, 3.05) is 20.3 Å². The zero-order valence-electron chi connectivity index (χ0n) is 9.51. The number of benzene rings is 1. The number of rotatable bonds is 5. The third-order valence-corrected chi connectivity index (χ3v) is 2.93. The van der Waals surface area contributed by atoms with Crippen molar-refractivity contribution in [1.82, 2.24) is 5.32 Å². The fourth-order valence-electron chi connectivity index (χ4n) is 1.57. The predicted octanol–water partition coefficient (Wildman–Crippen LogP) is 2.95. The Bertz CT molecular complexity index is 314. The Balaban J connectivity index is 2.86. The van der Waals surface area contributed by atoms with Crippen LogP contribution in [0.5, 0.6) is 0 Å². The van der Waals surface area contributed by atoms with Crippen LogP contribution in [-0.2, 0) is 4.74 Å². The van der Waals surface area contributed by atoms with E-state index in [4.69, 9.17) is 16.3 Å². The highest BCUT2D eigenvalue weighted by atomic mass is 35.5. The largest absolute Gasteiger partial charge is 0.380 e. The van der Waals surface area contributed by atoms with Gasteiger partial charge in [-0.05, 0) is 38.1 Å². The van der Waals surface area contributed by atoms with Crippen molar-refractivity contribution in [2.24, 2.45) is 0 Å². The Morgan fingerprint density at radius 2 is 2.20 bits per heavy atom. The molecule has 3 heteroatoms. The topological polar surface area (TPSA) is 21.3 Å². The Morgan fingerprint density at radius 1 is 1.47 bits per heavy atom. The number of nitrogens with one attached hydrogen (secondary N) is 1. The van der Waals surface area contributed by atoms with E-state index in [1.807, 2.05) is 33.0 Å². The van der Waals surface area contributed by atoms with Crippen LogP contribution in [0.2, 0.25) is 5.02 Å². The van der Waals surface area contributed by atoms with Gasteiger partial charge in [0, 0.05) is 11.6 Å². The van der Waals surface area contributed by atoms with Gasteiger partial charge in [-0.2, -0.15) is 0 Å². The molecule has 0 radical (unpaired) electrons. The number of likely N-dealkylation sites (N-methyl/N-ethyl adjacent to an activating group) is 1. The van der Waals surface area contributed by atoms with E-state index >= 15 is 0 Å². The predicted molar refractivity (Wildman–Crippen MR) is 64.5 cm³/mol. The monoisotopic (exact) mass is 227 g/mol. The van der Waals surface area contributed by atoms with Gasteiger partial charge < -0.3 is 10.1 Å². The summed E-state index contributed by atoms with van der Waals surface area (Å²) >= 11 is 6.08. The van der Waals surface area contributed by atoms with Crippen molar-refractivity contribution in [1.29, 1.82) is 0 Å². The second-order valence-electron chi connectivity index (χ2n) is 3.45. The standard InChI is InChI=1S/C12H18ClNO/c1-4-15-8-12(14-3)10-6-5-7-11(13)9(10)2/h5-7,12,14H,4,8H2,1-3H3. The maximum atomic E-state index is 6.08. The van der Waals surface area contributed by atoms with E-state index in [0.717, 1.165) is 17.2 Å². The van der Waals surface area contributed by atoms with E-state index in [2.05, 4.69) is 11.4 Å². The molecule has 1 aromatic rings. The molecule has 0 heterocycles. The Kier molecular flexibility index (Phi) is 5.09. The first-order chi connectivity index (χ1) is 7.20. The van der Waals surface area contributed by atoms with E-state index in [0.29, 0.717) is 6.61 Å². The van der Waals surface area contributed by atoms with Gasteiger partial charge in [-0.25, -0.2) is 0 Å². The molecule has 1 N–H and O–H groups in total. The summed E-state index contributed by atoms with van der Waals surface area (Å²) in [6, 6.07) is 6.18. The van der Waals surface area contributed by atoms with Gasteiger partial charge >= 0.3 is 0 Å². The molecule has 0 fully saturated rings. The summed E-state index contributed by atoms with van der Waals surface area (Å²) in [6.07, 6.45) is 0. The molecule has 1 atom stereocenters. The van der Waals surface area contributed by atoms with Gasteiger partial charge in [-0.15, -0.1) is 0 Å². The van der Waals surface area contributed by atoms with Crippen LogP contribution in [0.15, 0.2) is 18.2 Å². The number of halogens is 1. The van der Waals surface area contributed by atoms with Crippen LogP contribution in [0.1, 0.15) is 24.1 Å². The van der Waals surface area contributed by atoms with Crippen molar-refractivity contribution >= 4 is 11.6 Å². The van der Waals surface area contributed by atoms with Crippen LogP contribution in [0.3, 0.4) is 0 Å². The summed E-state index contributed by atoms with van der Waals surface area (Å²) in [6.45, 7) is 5.44. The highest BCUT2D eigenvalue weighted by Gasteiger charge is 2.12. The van der Waals surface area contributed by atoms with Crippen molar-refractivity contribution in [3.63, 3.8) is 0 Å². The smallest absolute Gasteiger partial charge is 0.0661 e. The molecule has 0 saturated heterocycles. The minimum Gasteiger partial charge on any atom is -0.380 e. The van der Waals surface area contributed by atoms with Crippen molar-refractivity contribution in [2.45, 2.75) is 19.9 Å². The van der Waals surface area contributed by atoms with Crippen molar-refractivity contribution < 1.29 is 4.74 Å². The molecule has 0 aromatic heterocycles. The summed E-state index contributed by atoms with van der Waals surface area (Å²) in [7, 11) is 1.93. The number of ether oxygens (including phenoxy) is 1. The maximum absolute atomic E-state index is 6.08. The number of hydrogen-bond acceptors (Lipinski definition) is 2. The Hall–Kier alpha value is -0.570. The first-order valence-electron chi connectivity index (χ1n) is 5.20. The van der Waals surface area contributed by atoms with Crippen molar-refractivity contribution in [3.05, 3.63) is 34.3 Å². The SMILES string of the molecule is CCOCC(NC)c1cccc(Cl)c1C. The van der Waals surface area contributed by atoms with E-state index in [-0.39, 0.29) is 6.04 Å². The molecule has 0 saturated carbocycles. The van der Waals surface area contributed by atoms with Crippen molar-refractivity contribution in [3.8, 4) is 0 Å². The van der Waals surface area contributed by atoms with Crippen LogP contribution in [0.4, 0.5) is 0 Å². The first kappa shape index (κ1) is 12.5. The molecular weight excluding hydrogens is 210 g/mol. The maximum Gasteiger partial charge on any atom is 0.0661 e. The fourth-order valence-corrected chi connectivity index (χ4v) is 1.75. The summed E-state index contributed by atoms with van der Waals surface area (Å²) < 4.78 is 5.43. The third-order valence-electron chi connectivity index (χ3n) is 2.52. The molecule has 0 bridgehead atoms. The first-order valence-corrected chi connectivity index (χ1v) is 5.58. The van der Waals surface area contributed by atoms with Crippen LogP contribution in [-0.4, -0.2) is 20.3 Å². The van der Waals surface area contributed by atoms with Gasteiger partial charge in [-0.3, -0.25) is 0 Å². The molecular formula is C12H18ClNO. The molecule has 0 aliphatic heterocycles. The second kappa shape index (κ2) is 6.11. The van der Waals surface area contributed by atoms with Gasteiger partial charge in [0.2, 0.25) is 0 Å². The average molecular weight is 228 g/mol. The normalized spacial score (nSPS) is 12.8. The van der Waals surface area contributed by atoms with Gasteiger partial charge in [0.05, 0.1) is 12.6 Å². The van der Waals surface area contributed by atoms with Gasteiger partial charge in [-0.1, -0.05) is 23.7 Å². The molecule has 1 rings (SSSR count). The molecule has 1 unspecified atom stereocenters. The number of hydrogen-bond donors (Lipinski definition) is 1. The van der Waals surface area contributed by atoms with Gasteiger partial charge in [0.1, 0.15) is 0 Å². The molecule has 0 spiro atoms. The molecule has 0 aliphatic rings. The highest BCUT2D eigenvalue weighted by molar-refractivity contribution is 6.31. The highest BCUT2D eigenvalue weighted by Crippen LogP contribution is 2.24. The minimum absolute atomic E-state index is 0.212. The van der Waals surface area contributed by atoms with Gasteiger partial charge in [0.25, 0.3) is 0 Å². The minimum atomic E-state index is 0.212. The second-order valence-corrected chi connectivity index (χ2v) is 3.86. The van der Waals surface area contributed by atoms with Crippen LogP contribution in [0, 0.1) is 6.92 Å². The molecule has 84 valence electrons. The van der Waals surface area contributed by atoms with E-state index in [1.165, 1.54) is 5.56 Å². The lowest BCUT2D eigenvalue weighted by Crippen LogP contribution is -2.22. The zero-order valence-corrected chi connectivity index (χ0v) is 10.3. The van der Waals surface area contributed by atoms with Crippen LogP contribution < -0.4 is 5.32 Å². The molecule has 0 amide bonds. The lowest BCUT2D eigenvalue weighted by molar-refractivity contribution is 0.125. The molecule has 15 heavy (non-hydrogen) atoms. The summed E-state index contributed by atoms with van der Waals surface area (Å²) in [4.78, 5) is 0. The van der Waals surface area contributed by atoms with E-state index < -0.39 is 0 Å². The Labute approximate surface area is 96.6 Å². The lowest BCUT2D eigenvalue weighted by atomic mass is 10.0. The van der Waals surface area contributed by atoms with E-state index in [1.54, 1.807) is 0 Å². The zero-order chi connectivity index (χ0) is 11.3. The summed E-state index contributed by atoms with van der Waals surface area (Å²) in [5.74, 6) is 0. The fraction of sp³-hybridized carbons (Fsp3) is 0.500. The molecule has 0 aliphatic carbocycles. The summed E-state index contributed by atoms with van der Waals surface area (Å²) in [5.41, 5.74) is 2.33. The van der Waals surface area contributed by atoms with Crippen LogP contribution >= 0.6 is 11.6 Å². The van der Waals surface area contributed by atoms with Gasteiger partial charge in [0.15, 0.2) is 0 Å². The van der Waals surface area contributed by atoms with Crippen LogP contribution in [0.25, 0.3) is 0 Å². The van der Waals surface area contributed by atoms with E-state index in [9.17, 15) is 0 Å². The average Bonchev–Trinajstić information content (AvgIpc) is 2.25. The summed E-state index contributed by atoms with van der Waals surface area (Å²) in [5, 5.41) is 4.05. The molecule has 2 nitrogen and oxygen atoms in total.